The standard InChI is InChI=1S/C19H21N5O2/c1-13-6-4-5-7-14(13)11-20-18-12-21-24-19(23-18)22-15-8-9-16(25-2)17(10-15)26-3/h4-10,12H,11H2,1-3H3,(H2,20,22,23,24). The molecule has 0 unspecified atom stereocenters. The van der Waals surface area contributed by atoms with E-state index in [-0.39, 0.29) is 0 Å². The fourth-order valence-electron chi connectivity index (χ4n) is 2.48. The van der Waals surface area contributed by atoms with Crippen molar-refractivity contribution in [3.63, 3.8) is 0 Å². The molecule has 0 fully saturated rings. The Hall–Kier alpha value is -3.35. The van der Waals surface area contributed by atoms with Crippen LogP contribution in [0.15, 0.2) is 48.7 Å². The summed E-state index contributed by atoms with van der Waals surface area (Å²) in [5.41, 5.74) is 3.21. The minimum absolute atomic E-state index is 0.395. The minimum atomic E-state index is 0.395. The molecule has 2 aromatic carbocycles. The van der Waals surface area contributed by atoms with E-state index in [0.29, 0.717) is 29.8 Å². The zero-order chi connectivity index (χ0) is 18.4. The Labute approximate surface area is 152 Å². The molecule has 0 radical (unpaired) electrons. The van der Waals surface area contributed by atoms with Gasteiger partial charge >= 0.3 is 0 Å². The molecule has 3 aromatic rings. The minimum Gasteiger partial charge on any atom is -0.493 e. The molecule has 0 atom stereocenters. The summed E-state index contributed by atoms with van der Waals surface area (Å²) < 4.78 is 10.5. The zero-order valence-corrected chi connectivity index (χ0v) is 15.0. The van der Waals surface area contributed by atoms with Crippen LogP contribution >= 0.6 is 0 Å². The molecule has 26 heavy (non-hydrogen) atoms. The predicted octanol–water partition coefficient (Wildman–Crippen LogP) is 3.55. The SMILES string of the molecule is COc1ccc(Nc2nncc(NCc3ccccc3C)n2)cc1OC. The summed E-state index contributed by atoms with van der Waals surface area (Å²) in [6, 6.07) is 13.7. The smallest absolute Gasteiger partial charge is 0.249 e. The Morgan fingerprint density at radius 3 is 2.58 bits per heavy atom. The Morgan fingerprint density at radius 2 is 1.81 bits per heavy atom. The first-order valence-corrected chi connectivity index (χ1v) is 8.16. The molecule has 0 saturated heterocycles. The summed E-state index contributed by atoms with van der Waals surface area (Å²) in [6.45, 7) is 2.75. The van der Waals surface area contributed by atoms with Gasteiger partial charge in [0.05, 0.1) is 20.4 Å². The quantitative estimate of drug-likeness (QED) is 0.673. The Balaban J connectivity index is 1.70. The number of hydrogen-bond donors (Lipinski definition) is 2. The van der Waals surface area contributed by atoms with Crippen molar-refractivity contribution in [1.29, 1.82) is 0 Å². The molecule has 0 amide bonds. The molecule has 1 heterocycles. The topological polar surface area (TPSA) is 81.2 Å². The van der Waals surface area contributed by atoms with Crippen LogP contribution in [0.5, 0.6) is 11.5 Å². The van der Waals surface area contributed by atoms with Crippen molar-refractivity contribution in [2.45, 2.75) is 13.5 Å². The number of nitrogens with one attached hydrogen (secondary N) is 2. The number of aryl methyl sites for hydroxylation is 1. The van der Waals surface area contributed by atoms with Crippen LogP contribution in [0.4, 0.5) is 17.5 Å². The Kier molecular flexibility index (Phi) is 5.48. The van der Waals surface area contributed by atoms with Gasteiger partial charge in [-0.05, 0) is 30.2 Å². The molecule has 0 aliphatic carbocycles. The molecular weight excluding hydrogens is 330 g/mol. The van der Waals surface area contributed by atoms with Crippen molar-refractivity contribution in [2.24, 2.45) is 0 Å². The average Bonchev–Trinajstić information content (AvgIpc) is 2.67. The number of methoxy groups -OCH3 is 2. The summed E-state index contributed by atoms with van der Waals surface area (Å²) in [4.78, 5) is 4.44. The molecule has 7 heteroatoms. The number of ether oxygens (including phenoxy) is 2. The number of rotatable bonds is 7. The molecule has 0 spiro atoms. The van der Waals surface area contributed by atoms with E-state index >= 15 is 0 Å². The van der Waals surface area contributed by atoms with Gasteiger partial charge in [-0.15, -0.1) is 5.10 Å². The van der Waals surface area contributed by atoms with Gasteiger partial charge in [0.1, 0.15) is 0 Å². The second-order valence-electron chi connectivity index (χ2n) is 5.64. The second kappa shape index (κ2) is 8.15. The van der Waals surface area contributed by atoms with Gasteiger partial charge in [-0.3, -0.25) is 0 Å². The van der Waals surface area contributed by atoms with Crippen LogP contribution in [0.2, 0.25) is 0 Å². The summed E-state index contributed by atoms with van der Waals surface area (Å²) in [5, 5.41) is 14.4. The second-order valence-corrected chi connectivity index (χ2v) is 5.64. The van der Waals surface area contributed by atoms with Gasteiger partial charge in [-0.1, -0.05) is 24.3 Å². The van der Waals surface area contributed by atoms with Crippen LogP contribution in [0.1, 0.15) is 11.1 Å². The van der Waals surface area contributed by atoms with Gasteiger partial charge < -0.3 is 20.1 Å². The third kappa shape index (κ3) is 4.18. The summed E-state index contributed by atoms with van der Waals surface area (Å²) >= 11 is 0. The lowest BCUT2D eigenvalue weighted by atomic mass is 10.1. The van der Waals surface area contributed by atoms with Crippen molar-refractivity contribution < 1.29 is 9.47 Å². The summed E-state index contributed by atoms with van der Waals surface area (Å²) in [5.74, 6) is 2.32. The van der Waals surface area contributed by atoms with Gasteiger partial charge in [0.15, 0.2) is 17.3 Å². The lowest BCUT2D eigenvalue weighted by Crippen LogP contribution is -2.06. The van der Waals surface area contributed by atoms with Gasteiger partial charge in [-0.2, -0.15) is 10.1 Å². The largest absolute Gasteiger partial charge is 0.493 e. The maximum atomic E-state index is 5.30. The fraction of sp³-hybridized carbons (Fsp3) is 0.211. The zero-order valence-electron chi connectivity index (χ0n) is 15.0. The molecule has 0 bridgehead atoms. The van der Waals surface area contributed by atoms with Gasteiger partial charge in [0.2, 0.25) is 5.95 Å². The van der Waals surface area contributed by atoms with Crippen molar-refractivity contribution in [1.82, 2.24) is 15.2 Å². The lowest BCUT2D eigenvalue weighted by molar-refractivity contribution is 0.355. The first-order chi connectivity index (χ1) is 12.7. The molecular formula is C19H21N5O2. The average molecular weight is 351 g/mol. The number of nitrogens with zero attached hydrogens (tertiary/aromatic N) is 3. The van der Waals surface area contributed by atoms with E-state index in [9.17, 15) is 0 Å². The first-order valence-electron chi connectivity index (χ1n) is 8.16. The lowest BCUT2D eigenvalue weighted by Gasteiger charge is -2.11. The molecule has 3 rings (SSSR count). The normalized spacial score (nSPS) is 10.3. The van der Waals surface area contributed by atoms with E-state index in [0.717, 1.165) is 5.69 Å². The number of anilines is 3. The molecule has 2 N–H and O–H groups in total. The summed E-state index contributed by atoms with van der Waals surface area (Å²) in [6.07, 6.45) is 1.60. The third-order valence-electron chi connectivity index (χ3n) is 3.92. The number of hydrogen-bond acceptors (Lipinski definition) is 7. The Bertz CT molecular complexity index is 885. The molecule has 134 valence electrons. The highest BCUT2D eigenvalue weighted by Crippen LogP contribution is 2.30. The maximum Gasteiger partial charge on any atom is 0.249 e. The van der Waals surface area contributed by atoms with E-state index in [2.05, 4.69) is 44.9 Å². The molecule has 7 nitrogen and oxygen atoms in total. The Morgan fingerprint density at radius 1 is 1.00 bits per heavy atom. The van der Waals surface area contributed by atoms with Crippen molar-refractivity contribution in [3.05, 3.63) is 59.8 Å². The molecule has 0 aliphatic heterocycles. The highest BCUT2D eigenvalue weighted by molar-refractivity contribution is 5.60. The molecule has 1 aromatic heterocycles. The van der Waals surface area contributed by atoms with Crippen LogP contribution in [0.25, 0.3) is 0 Å². The van der Waals surface area contributed by atoms with Crippen LogP contribution in [0.3, 0.4) is 0 Å². The maximum absolute atomic E-state index is 5.30. The van der Waals surface area contributed by atoms with Crippen LogP contribution in [0, 0.1) is 6.92 Å². The highest BCUT2D eigenvalue weighted by atomic mass is 16.5. The van der Waals surface area contributed by atoms with Gasteiger partial charge in [0, 0.05) is 18.3 Å². The third-order valence-corrected chi connectivity index (χ3v) is 3.92. The van der Waals surface area contributed by atoms with Crippen LogP contribution in [-0.4, -0.2) is 29.4 Å². The monoisotopic (exact) mass is 351 g/mol. The van der Waals surface area contributed by atoms with E-state index in [4.69, 9.17) is 9.47 Å². The summed E-state index contributed by atoms with van der Waals surface area (Å²) in [7, 11) is 3.19. The van der Waals surface area contributed by atoms with E-state index in [1.54, 1.807) is 20.4 Å². The van der Waals surface area contributed by atoms with Crippen LogP contribution < -0.4 is 20.1 Å². The van der Waals surface area contributed by atoms with Gasteiger partial charge in [0.25, 0.3) is 0 Å². The first kappa shape index (κ1) is 17.5. The predicted molar refractivity (Wildman–Crippen MR) is 101 cm³/mol. The van der Waals surface area contributed by atoms with Gasteiger partial charge in [-0.25, -0.2) is 0 Å². The number of benzene rings is 2. The fourth-order valence-corrected chi connectivity index (χ4v) is 2.48. The van der Waals surface area contributed by atoms with E-state index < -0.39 is 0 Å². The van der Waals surface area contributed by atoms with Crippen molar-refractivity contribution in [2.75, 3.05) is 24.9 Å². The molecule has 0 saturated carbocycles. The van der Waals surface area contributed by atoms with Crippen molar-refractivity contribution in [3.8, 4) is 11.5 Å². The number of aromatic nitrogens is 3. The van der Waals surface area contributed by atoms with E-state index in [1.807, 2.05) is 30.3 Å². The van der Waals surface area contributed by atoms with Crippen molar-refractivity contribution >= 4 is 17.5 Å². The molecule has 0 aliphatic rings. The van der Waals surface area contributed by atoms with E-state index in [1.165, 1.54) is 11.1 Å². The van der Waals surface area contributed by atoms with Crippen LogP contribution in [-0.2, 0) is 6.54 Å². The highest BCUT2D eigenvalue weighted by Gasteiger charge is 2.07.